The molecular formula is C18H26N5NaO9P. The Morgan fingerprint density at radius 1 is 1.26 bits per heavy atom. The van der Waals surface area contributed by atoms with Gasteiger partial charge in [-0.1, -0.05) is 13.8 Å². The molecular weight excluding hydrogens is 484 g/mol. The molecule has 2 aliphatic heterocycles. The van der Waals surface area contributed by atoms with Crippen molar-refractivity contribution in [3.8, 4) is 0 Å². The predicted octanol–water partition coefficient (Wildman–Crippen LogP) is 0.484. The number of amides is 1. The van der Waals surface area contributed by atoms with Crippen molar-refractivity contribution in [1.82, 2.24) is 19.5 Å². The Morgan fingerprint density at radius 3 is 2.71 bits per heavy atom. The molecule has 0 spiro atoms. The zero-order valence-electron chi connectivity index (χ0n) is 19.0. The van der Waals surface area contributed by atoms with E-state index in [1.54, 1.807) is 0 Å². The van der Waals surface area contributed by atoms with E-state index in [2.05, 4.69) is 20.3 Å². The summed E-state index contributed by atoms with van der Waals surface area (Å²) in [4.78, 5) is 46.7. The third-order valence-corrected chi connectivity index (χ3v) is 6.02. The number of carbonyl (C=O) groups is 2. The monoisotopic (exact) mass is 510 g/mol. The molecule has 5 atom stereocenters. The van der Waals surface area contributed by atoms with E-state index >= 15 is 0 Å². The van der Waals surface area contributed by atoms with Crippen LogP contribution in [0.15, 0.2) is 12.7 Å². The third-order valence-electron chi connectivity index (χ3n) is 5.03. The second-order valence-electron chi connectivity index (χ2n) is 7.45. The van der Waals surface area contributed by atoms with Gasteiger partial charge in [0.15, 0.2) is 29.3 Å². The van der Waals surface area contributed by atoms with Crippen LogP contribution in [0.3, 0.4) is 0 Å². The fourth-order valence-corrected chi connectivity index (χ4v) is 4.60. The van der Waals surface area contributed by atoms with Crippen LogP contribution in [0.1, 0.15) is 45.8 Å². The number of fused-ring (bicyclic) bond motifs is 2. The van der Waals surface area contributed by atoms with Gasteiger partial charge in [0.05, 0.1) is 12.9 Å². The number of imidazole rings is 1. The number of hydrogen-bond acceptors (Lipinski definition) is 10. The summed E-state index contributed by atoms with van der Waals surface area (Å²) in [7, 11) is -4.30. The molecule has 4 rings (SSSR count). The molecule has 2 fully saturated rings. The summed E-state index contributed by atoms with van der Waals surface area (Å²) in [5.74, 6) is -0.469. The van der Waals surface area contributed by atoms with E-state index in [0.29, 0.717) is 30.4 Å². The smallest absolute Gasteiger partial charge is 0.455 e. The largest absolute Gasteiger partial charge is 0.472 e. The van der Waals surface area contributed by atoms with Gasteiger partial charge in [-0.3, -0.25) is 23.2 Å². The van der Waals surface area contributed by atoms with E-state index in [4.69, 9.17) is 18.5 Å². The van der Waals surface area contributed by atoms with Crippen LogP contribution in [0.4, 0.5) is 5.82 Å². The average Bonchev–Trinajstić information content (AvgIpc) is 3.30. The summed E-state index contributed by atoms with van der Waals surface area (Å²) in [5, 5.41) is 2.70. The number of nitrogens with one attached hydrogen (secondary N) is 1. The topological polar surface area (TPSA) is 195 Å². The fourth-order valence-electron chi connectivity index (χ4n) is 3.64. The van der Waals surface area contributed by atoms with E-state index in [1.807, 2.05) is 13.8 Å². The molecule has 34 heavy (non-hydrogen) atoms. The molecule has 2 aliphatic rings. The van der Waals surface area contributed by atoms with Crippen LogP contribution in [-0.2, 0) is 32.7 Å². The molecule has 14 nitrogen and oxygen atoms in total. The number of rotatable bonds is 7. The molecule has 0 aliphatic carbocycles. The van der Waals surface area contributed by atoms with Crippen molar-refractivity contribution in [3.05, 3.63) is 12.7 Å². The molecule has 1 amide bonds. The van der Waals surface area contributed by atoms with Crippen LogP contribution in [0.2, 0.25) is 0 Å². The normalized spacial score (nSPS) is 27.9. The van der Waals surface area contributed by atoms with Crippen molar-refractivity contribution in [2.45, 2.75) is 64.1 Å². The van der Waals surface area contributed by atoms with Gasteiger partial charge < -0.3 is 25.2 Å². The Morgan fingerprint density at radius 2 is 2.00 bits per heavy atom. The first-order chi connectivity index (χ1) is 15.3. The Kier molecular flexibility index (Phi) is 10.1. The van der Waals surface area contributed by atoms with Gasteiger partial charge in [-0.05, 0) is 12.8 Å². The number of phosphoric ester groups is 1. The summed E-state index contributed by atoms with van der Waals surface area (Å²) < 4.78 is 35.1. The molecule has 2 aromatic rings. The van der Waals surface area contributed by atoms with E-state index < -0.39 is 38.3 Å². The molecule has 183 valence electrons. The molecule has 1 radical (unpaired) electrons. The van der Waals surface area contributed by atoms with Gasteiger partial charge in [0.1, 0.15) is 18.5 Å². The summed E-state index contributed by atoms with van der Waals surface area (Å²) in [6.45, 7) is 3.50. The zero-order valence-corrected chi connectivity index (χ0v) is 21.9. The van der Waals surface area contributed by atoms with Gasteiger partial charge in [0, 0.05) is 42.4 Å². The first-order valence-corrected chi connectivity index (χ1v) is 11.8. The molecule has 4 heterocycles. The SMILES string of the molecule is CCCC(=O)Nc1ncnc2c1ncn2C1OC2COP(=O)(O)OC2C1OC(=O)CCC.O.[Na]. The minimum atomic E-state index is -4.30. The van der Waals surface area contributed by atoms with Gasteiger partial charge >= 0.3 is 13.8 Å². The molecule has 0 aromatic carbocycles. The zero-order chi connectivity index (χ0) is 22.9. The molecule has 0 bridgehead atoms. The van der Waals surface area contributed by atoms with Crippen molar-refractivity contribution in [3.63, 3.8) is 0 Å². The molecule has 2 aromatic heterocycles. The predicted molar refractivity (Wildman–Crippen MR) is 118 cm³/mol. The van der Waals surface area contributed by atoms with Crippen molar-refractivity contribution in [2.24, 2.45) is 0 Å². The van der Waals surface area contributed by atoms with Gasteiger partial charge in [0.2, 0.25) is 5.91 Å². The second-order valence-corrected chi connectivity index (χ2v) is 8.85. The van der Waals surface area contributed by atoms with Crippen molar-refractivity contribution in [1.29, 1.82) is 0 Å². The van der Waals surface area contributed by atoms with Crippen LogP contribution in [0, 0.1) is 0 Å². The minimum Gasteiger partial charge on any atom is -0.455 e. The van der Waals surface area contributed by atoms with E-state index in [-0.39, 0.29) is 59.8 Å². The van der Waals surface area contributed by atoms with Crippen molar-refractivity contribution >= 4 is 66.2 Å². The van der Waals surface area contributed by atoms with Crippen LogP contribution < -0.4 is 5.32 Å². The standard InChI is InChI=1S/C18H24N5O8P.Na.H2O/c1-3-5-11(24)22-16-13-17(20-8-19-16)23(9-21-13)18-15(30-12(25)6-4-2)14-10(29-18)7-28-32(26,27)31-14;;/h8-10,14-15,18H,3-7H2,1-2H3,(H,26,27)(H,19,20,22,24);;1H2. The van der Waals surface area contributed by atoms with Gasteiger partial charge in [0.25, 0.3) is 0 Å². The maximum atomic E-state index is 12.3. The van der Waals surface area contributed by atoms with Crippen LogP contribution >= 0.6 is 7.82 Å². The quantitative estimate of drug-likeness (QED) is 0.299. The first-order valence-electron chi connectivity index (χ1n) is 10.3. The summed E-state index contributed by atoms with van der Waals surface area (Å²) >= 11 is 0. The van der Waals surface area contributed by atoms with E-state index in [0.717, 1.165) is 0 Å². The number of anilines is 1. The number of carbonyl (C=O) groups excluding carboxylic acids is 2. The molecule has 4 N–H and O–H groups in total. The summed E-state index contributed by atoms with van der Waals surface area (Å²) in [6, 6.07) is 0. The molecule has 2 saturated heterocycles. The Bertz CT molecular complexity index is 1070. The van der Waals surface area contributed by atoms with Crippen LogP contribution in [-0.4, -0.2) is 96.2 Å². The fraction of sp³-hybridized carbons (Fsp3) is 0.611. The Labute approximate surface area is 216 Å². The summed E-state index contributed by atoms with van der Waals surface area (Å²) in [5.41, 5.74) is 0.638. The maximum absolute atomic E-state index is 12.3. The molecule has 5 unspecified atom stereocenters. The first kappa shape index (κ1) is 28.8. The van der Waals surface area contributed by atoms with E-state index in [9.17, 15) is 19.0 Å². The number of aromatic nitrogens is 4. The Balaban J connectivity index is 0.00000204. The molecule has 16 heteroatoms. The molecule has 0 saturated carbocycles. The van der Waals surface area contributed by atoms with Gasteiger partial charge in [-0.2, -0.15) is 0 Å². The van der Waals surface area contributed by atoms with Gasteiger partial charge in [-0.15, -0.1) is 0 Å². The van der Waals surface area contributed by atoms with Crippen LogP contribution in [0.5, 0.6) is 0 Å². The Hall–Kier alpha value is -1.48. The number of phosphoric acid groups is 1. The number of hydrogen-bond donors (Lipinski definition) is 2. The van der Waals surface area contributed by atoms with Gasteiger partial charge in [-0.25, -0.2) is 19.5 Å². The van der Waals surface area contributed by atoms with Crippen molar-refractivity contribution in [2.75, 3.05) is 11.9 Å². The van der Waals surface area contributed by atoms with Crippen LogP contribution in [0.25, 0.3) is 11.2 Å². The van der Waals surface area contributed by atoms with Crippen molar-refractivity contribution < 1.29 is 43.0 Å². The number of ether oxygens (including phenoxy) is 2. The number of esters is 1. The summed E-state index contributed by atoms with van der Waals surface area (Å²) in [6.07, 6.45) is 0.639. The van der Waals surface area contributed by atoms with E-state index in [1.165, 1.54) is 17.2 Å². The average molecular weight is 510 g/mol. The maximum Gasteiger partial charge on any atom is 0.472 e. The minimum absolute atomic E-state index is 0. The second kappa shape index (κ2) is 12.0. The third kappa shape index (κ3) is 6.01. The number of nitrogens with zero attached hydrogens (tertiary/aromatic N) is 4.